The third-order valence-corrected chi connectivity index (χ3v) is 5.32. The fourth-order valence-electron chi connectivity index (χ4n) is 2.32. The Kier molecular flexibility index (Phi) is 5.71. The largest absolute Gasteiger partial charge is 0.325 e. The maximum absolute atomic E-state index is 12.5. The molecule has 0 aliphatic carbocycles. The number of sulfonamides is 1. The Hall–Kier alpha value is -3.57. The molecule has 0 radical (unpaired) electrons. The lowest BCUT2D eigenvalue weighted by atomic mass is 10.3. The van der Waals surface area contributed by atoms with E-state index >= 15 is 0 Å². The van der Waals surface area contributed by atoms with E-state index in [-0.39, 0.29) is 11.4 Å². The number of nitrogens with one attached hydrogen (secondary N) is 5. The molecule has 29 heavy (non-hydrogen) atoms. The molecule has 0 aliphatic rings. The quantitative estimate of drug-likeness (QED) is 0.415. The first-order valence-electron chi connectivity index (χ1n) is 8.02. The van der Waals surface area contributed by atoms with Crippen molar-refractivity contribution in [1.82, 2.24) is 9.97 Å². The second kappa shape index (κ2) is 8.20. The standard InChI is InChI=1S/C17H14ClN5O5S/c18-10-5-1-2-6-11(10)20-17(26)21-12-7-3-4-8-13(12)23-29(27,28)14-9-19-16(25)22-15(14)24/h1-9,23H,(H2,20,21,26)(H2,19,22,24,25). The van der Waals surface area contributed by atoms with Crippen LogP contribution < -0.4 is 26.6 Å². The highest BCUT2D eigenvalue weighted by Crippen LogP contribution is 2.25. The van der Waals surface area contributed by atoms with Crippen LogP contribution in [0, 0.1) is 0 Å². The zero-order chi connectivity index (χ0) is 21.0. The SMILES string of the molecule is O=C(Nc1ccccc1Cl)Nc1ccccc1NS(=O)(=O)c1c[nH]c(=O)[nH]c1=O. The molecule has 2 amide bonds. The van der Waals surface area contributed by atoms with Gasteiger partial charge in [0.05, 0.1) is 22.1 Å². The fraction of sp³-hybridized carbons (Fsp3) is 0. The van der Waals surface area contributed by atoms with Crippen LogP contribution in [0.15, 0.2) is 69.2 Å². The summed E-state index contributed by atoms with van der Waals surface area (Å²) in [6, 6.07) is 11.9. The number of amides is 2. The molecular weight excluding hydrogens is 422 g/mol. The molecule has 0 spiro atoms. The third-order valence-electron chi connectivity index (χ3n) is 3.62. The van der Waals surface area contributed by atoms with Crippen LogP contribution in [-0.2, 0) is 10.0 Å². The van der Waals surface area contributed by atoms with Crippen LogP contribution in [0.2, 0.25) is 5.02 Å². The van der Waals surface area contributed by atoms with Crippen molar-refractivity contribution >= 4 is 44.7 Å². The van der Waals surface area contributed by atoms with Crippen LogP contribution in [0.25, 0.3) is 0 Å². The monoisotopic (exact) mass is 435 g/mol. The summed E-state index contributed by atoms with van der Waals surface area (Å²) in [4.78, 5) is 38.4. The van der Waals surface area contributed by atoms with Crippen molar-refractivity contribution in [1.29, 1.82) is 0 Å². The first-order chi connectivity index (χ1) is 13.8. The lowest BCUT2D eigenvalue weighted by Crippen LogP contribution is -2.29. The summed E-state index contributed by atoms with van der Waals surface area (Å²) in [6.07, 6.45) is 0.781. The van der Waals surface area contributed by atoms with E-state index in [2.05, 4.69) is 20.3 Å². The van der Waals surface area contributed by atoms with Gasteiger partial charge >= 0.3 is 11.7 Å². The molecule has 0 aliphatic heterocycles. The lowest BCUT2D eigenvalue weighted by Gasteiger charge is -2.14. The number of carbonyl (C=O) groups excluding carboxylic acids is 1. The molecule has 0 unspecified atom stereocenters. The topological polar surface area (TPSA) is 153 Å². The minimum absolute atomic E-state index is 0.00686. The first kappa shape index (κ1) is 20.2. The second-order valence-electron chi connectivity index (χ2n) is 5.65. The molecule has 2 aromatic carbocycles. The van der Waals surface area contributed by atoms with Crippen LogP contribution in [0.5, 0.6) is 0 Å². The van der Waals surface area contributed by atoms with E-state index in [0.717, 1.165) is 6.20 Å². The van der Waals surface area contributed by atoms with Crippen molar-refractivity contribution in [3.05, 3.63) is 80.6 Å². The number of urea groups is 1. The Bertz CT molecular complexity index is 1290. The summed E-state index contributed by atoms with van der Waals surface area (Å²) in [7, 11) is -4.34. The van der Waals surface area contributed by atoms with E-state index in [0.29, 0.717) is 10.7 Å². The summed E-state index contributed by atoms with van der Waals surface area (Å²) in [5.74, 6) is 0. The van der Waals surface area contributed by atoms with Gasteiger partial charge in [0, 0.05) is 6.20 Å². The van der Waals surface area contributed by atoms with Gasteiger partial charge in [-0.15, -0.1) is 0 Å². The average molecular weight is 436 g/mol. The van der Waals surface area contributed by atoms with Gasteiger partial charge < -0.3 is 15.6 Å². The van der Waals surface area contributed by atoms with Gasteiger partial charge in [0.1, 0.15) is 0 Å². The van der Waals surface area contributed by atoms with Gasteiger partial charge in [-0.3, -0.25) is 14.5 Å². The molecule has 3 rings (SSSR count). The first-order valence-corrected chi connectivity index (χ1v) is 9.89. The minimum atomic E-state index is -4.34. The van der Waals surface area contributed by atoms with Gasteiger partial charge in [-0.2, -0.15) is 0 Å². The number of anilines is 3. The van der Waals surface area contributed by atoms with E-state index in [1.165, 1.54) is 18.2 Å². The molecule has 0 atom stereocenters. The number of rotatable bonds is 5. The predicted molar refractivity (Wildman–Crippen MR) is 109 cm³/mol. The van der Waals surface area contributed by atoms with Crippen molar-refractivity contribution in [2.45, 2.75) is 4.90 Å². The van der Waals surface area contributed by atoms with Crippen molar-refractivity contribution in [3.63, 3.8) is 0 Å². The maximum Gasteiger partial charge on any atom is 0.325 e. The van der Waals surface area contributed by atoms with E-state index < -0.39 is 32.2 Å². The van der Waals surface area contributed by atoms with Gasteiger partial charge in [-0.1, -0.05) is 35.9 Å². The molecule has 1 heterocycles. The normalized spacial score (nSPS) is 10.9. The Morgan fingerprint density at radius 1 is 0.897 bits per heavy atom. The van der Waals surface area contributed by atoms with Gasteiger partial charge in [-0.25, -0.2) is 18.0 Å². The third kappa shape index (κ3) is 4.83. The Labute approximate surface area is 169 Å². The molecule has 3 aromatic rings. The molecule has 5 N–H and O–H groups in total. The second-order valence-corrected chi connectivity index (χ2v) is 7.70. The molecular formula is C17H14ClN5O5S. The summed E-state index contributed by atoms with van der Waals surface area (Å²) in [6.45, 7) is 0. The fourth-order valence-corrected chi connectivity index (χ4v) is 3.59. The number of hydrogen-bond donors (Lipinski definition) is 5. The Morgan fingerprint density at radius 3 is 2.14 bits per heavy atom. The van der Waals surface area contributed by atoms with Crippen LogP contribution in [0.4, 0.5) is 21.9 Å². The van der Waals surface area contributed by atoms with Crippen LogP contribution >= 0.6 is 11.6 Å². The maximum atomic E-state index is 12.5. The zero-order valence-electron chi connectivity index (χ0n) is 14.5. The number of para-hydroxylation sites is 3. The highest BCUT2D eigenvalue weighted by molar-refractivity contribution is 7.92. The molecule has 150 valence electrons. The number of hydrogen-bond acceptors (Lipinski definition) is 5. The lowest BCUT2D eigenvalue weighted by molar-refractivity contribution is 0.262. The minimum Gasteiger partial charge on any atom is -0.313 e. The van der Waals surface area contributed by atoms with E-state index in [9.17, 15) is 22.8 Å². The van der Waals surface area contributed by atoms with Crippen molar-refractivity contribution in [2.75, 3.05) is 15.4 Å². The van der Waals surface area contributed by atoms with Crippen LogP contribution in [0.1, 0.15) is 0 Å². The van der Waals surface area contributed by atoms with Gasteiger partial charge in [0.2, 0.25) is 0 Å². The smallest absolute Gasteiger partial charge is 0.313 e. The number of carbonyl (C=O) groups is 1. The number of aromatic nitrogens is 2. The molecule has 0 saturated carbocycles. The van der Waals surface area contributed by atoms with Gasteiger partial charge in [-0.05, 0) is 24.3 Å². The Balaban J connectivity index is 1.83. The number of H-pyrrole nitrogens is 2. The molecule has 1 aromatic heterocycles. The average Bonchev–Trinajstić information content (AvgIpc) is 2.64. The summed E-state index contributed by atoms with van der Waals surface area (Å²) >= 11 is 5.99. The molecule has 12 heteroatoms. The molecule has 0 bridgehead atoms. The summed E-state index contributed by atoms with van der Waals surface area (Å²) in [5.41, 5.74) is -1.42. The van der Waals surface area contributed by atoms with Crippen molar-refractivity contribution < 1.29 is 13.2 Å². The number of aromatic amines is 2. The number of benzene rings is 2. The van der Waals surface area contributed by atoms with Crippen molar-refractivity contribution in [3.8, 4) is 0 Å². The Morgan fingerprint density at radius 2 is 1.48 bits per heavy atom. The van der Waals surface area contributed by atoms with E-state index in [1.807, 2.05) is 4.98 Å². The van der Waals surface area contributed by atoms with E-state index in [4.69, 9.17) is 11.6 Å². The highest BCUT2D eigenvalue weighted by atomic mass is 35.5. The van der Waals surface area contributed by atoms with Gasteiger partial charge in [0.25, 0.3) is 15.6 Å². The summed E-state index contributed by atoms with van der Waals surface area (Å²) < 4.78 is 27.2. The van der Waals surface area contributed by atoms with Crippen LogP contribution in [0.3, 0.4) is 0 Å². The molecule has 0 fully saturated rings. The van der Waals surface area contributed by atoms with E-state index in [1.54, 1.807) is 30.3 Å². The summed E-state index contributed by atoms with van der Waals surface area (Å²) in [5, 5.41) is 5.37. The molecule has 0 saturated heterocycles. The predicted octanol–water partition coefficient (Wildman–Crippen LogP) is 2.16. The van der Waals surface area contributed by atoms with Gasteiger partial charge in [0.15, 0.2) is 4.90 Å². The van der Waals surface area contributed by atoms with Crippen molar-refractivity contribution in [2.24, 2.45) is 0 Å². The number of halogens is 1. The zero-order valence-corrected chi connectivity index (χ0v) is 16.1. The van der Waals surface area contributed by atoms with Crippen LogP contribution in [-0.4, -0.2) is 24.4 Å². The molecule has 10 nitrogen and oxygen atoms in total. The highest BCUT2D eigenvalue weighted by Gasteiger charge is 2.20.